The third-order valence-electron chi connectivity index (χ3n) is 6.58. The Labute approximate surface area is 344 Å². The molecule has 2 N–H and O–H groups in total. The normalized spacial score (nSPS) is 8.91. The molecule has 0 atom stereocenters. The molecule has 1 aromatic carbocycles. The van der Waals surface area contributed by atoms with Gasteiger partial charge in [0.05, 0.1) is 26.9 Å². The molecule has 0 aromatic heterocycles. The molecule has 0 bridgehead atoms. The van der Waals surface area contributed by atoms with Gasteiger partial charge in [-0.2, -0.15) is 0 Å². The van der Waals surface area contributed by atoms with Crippen LogP contribution in [0.1, 0.15) is 124 Å². The van der Waals surface area contributed by atoms with Gasteiger partial charge in [0, 0.05) is 28.4 Å². The molecule has 0 aliphatic carbocycles. The molecule has 0 saturated carbocycles. The van der Waals surface area contributed by atoms with Gasteiger partial charge in [-0.15, -0.1) is 0 Å². The van der Waals surface area contributed by atoms with Crippen molar-refractivity contribution in [2.45, 2.75) is 119 Å². The van der Waals surface area contributed by atoms with Gasteiger partial charge in [0.15, 0.2) is 0 Å². The SMILES string of the molecule is C=C(C)C(=O)OC.C=C(C)C(=O)OCCCC.C=C(C)C(=O)OCCCCCCCCCCCC.C=C(C)C(=O)OCCO.C=CC(=O)O.C=Cc1ccccc1. The summed E-state index contributed by atoms with van der Waals surface area (Å²) in [5, 5.41) is 15.8. The second kappa shape index (κ2) is 47.1. The van der Waals surface area contributed by atoms with Crippen LogP contribution in [0.2, 0.25) is 0 Å². The maximum absolute atomic E-state index is 11.1. The first kappa shape index (κ1) is 61.2. The molecular weight excluding hydrogens is 728 g/mol. The summed E-state index contributed by atoms with van der Waals surface area (Å²) in [6.45, 7) is 32.1. The van der Waals surface area contributed by atoms with E-state index in [1.807, 2.05) is 36.4 Å². The van der Waals surface area contributed by atoms with Crippen molar-refractivity contribution in [1.29, 1.82) is 0 Å². The van der Waals surface area contributed by atoms with Crippen LogP contribution in [0.3, 0.4) is 0 Å². The van der Waals surface area contributed by atoms with Crippen LogP contribution in [0.5, 0.6) is 0 Å². The number of ether oxygens (including phenoxy) is 4. The fourth-order valence-corrected chi connectivity index (χ4v) is 3.33. The zero-order chi connectivity index (χ0) is 44.9. The van der Waals surface area contributed by atoms with Gasteiger partial charge >= 0.3 is 29.8 Å². The zero-order valence-electron chi connectivity index (χ0n) is 36.2. The molecule has 0 radical (unpaired) electrons. The predicted octanol–water partition coefficient (Wildman–Crippen LogP) is 10.4. The van der Waals surface area contributed by atoms with Crippen molar-refractivity contribution in [1.82, 2.24) is 0 Å². The number of hydrogen-bond acceptors (Lipinski definition) is 10. The molecular formula is C46H74O11. The molecule has 0 aliphatic heterocycles. The van der Waals surface area contributed by atoms with Crippen LogP contribution >= 0.6 is 0 Å². The lowest BCUT2D eigenvalue weighted by molar-refractivity contribution is -0.140. The topological polar surface area (TPSA) is 163 Å². The number of benzene rings is 1. The Kier molecular flexibility index (Phi) is 50.6. The second-order valence-electron chi connectivity index (χ2n) is 12.4. The molecule has 1 rings (SSSR count). The fourth-order valence-electron chi connectivity index (χ4n) is 3.33. The standard InChI is InChI=1S/C16H30O2.C8H14O2.C8H8.C6H10O3.C5H8O2.C3H4O2/c1-4-5-6-7-8-9-10-11-12-13-14-18-16(17)15(2)3;1-4-5-6-10-8(9)7(2)3;1-2-8-6-4-3-5-7-8;1-5(2)6(8)9-4-3-7;1-4(2)5(6)7-3;1-2-3(4)5/h2,4-14H2,1,3H3;2,4-6H2,1,3H3;2-7H,1H2;7H,1,3-4H2,2H3;1H2,2-3H3;2H,1H2,(H,4,5). The zero-order valence-corrected chi connectivity index (χ0v) is 36.2. The first-order chi connectivity index (χ1) is 26.9. The van der Waals surface area contributed by atoms with Crippen molar-refractivity contribution in [3.63, 3.8) is 0 Å². The number of carboxylic acid groups (broad SMARTS) is 1. The summed E-state index contributed by atoms with van der Waals surface area (Å²) in [7, 11) is 1.33. The van der Waals surface area contributed by atoms with Crippen molar-refractivity contribution >= 4 is 35.9 Å². The number of carbonyl (C=O) groups excluding carboxylic acids is 4. The molecule has 0 unspecified atom stereocenters. The van der Waals surface area contributed by atoms with Crippen molar-refractivity contribution in [3.8, 4) is 0 Å². The lowest BCUT2D eigenvalue weighted by atomic mass is 10.1. The minimum atomic E-state index is -0.981. The van der Waals surface area contributed by atoms with E-state index in [1.54, 1.807) is 27.7 Å². The van der Waals surface area contributed by atoms with E-state index in [4.69, 9.17) is 19.7 Å². The van der Waals surface area contributed by atoms with Crippen LogP contribution in [-0.2, 0) is 42.9 Å². The average Bonchev–Trinajstić information content (AvgIpc) is 3.19. The Bertz CT molecular complexity index is 1280. The largest absolute Gasteiger partial charge is 0.478 e. The van der Waals surface area contributed by atoms with Gasteiger partial charge in [-0.3, -0.25) is 0 Å². The molecule has 0 saturated heterocycles. The quantitative estimate of drug-likeness (QED) is 0.0496. The van der Waals surface area contributed by atoms with E-state index in [0.717, 1.165) is 25.3 Å². The molecule has 11 nitrogen and oxygen atoms in total. The van der Waals surface area contributed by atoms with Crippen LogP contribution in [0.25, 0.3) is 6.08 Å². The van der Waals surface area contributed by atoms with Gasteiger partial charge in [-0.25, -0.2) is 24.0 Å². The van der Waals surface area contributed by atoms with E-state index < -0.39 is 11.9 Å². The summed E-state index contributed by atoms with van der Waals surface area (Å²) in [4.78, 5) is 51.7. The number of aliphatic carboxylic acids is 1. The number of esters is 4. The fraction of sp³-hybridized carbons (Fsp3) is 0.500. The van der Waals surface area contributed by atoms with E-state index in [0.29, 0.717) is 35.5 Å². The number of carbonyl (C=O) groups is 5. The lowest BCUT2D eigenvalue weighted by Gasteiger charge is -2.04. The Balaban J connectivity index is -0.000000200. The Hall–Kier alpha value is -5.03. The van der Waals surface area contributed by atoms with Crippen molar-refractivity contribution < 1.29 is 53.1 Å². The average molecular weight is 803 g/mol. The van der Waals surface area contributed by atoms with Gasteiger partial charge in [0.2, 0.25) is 0 Å². The van der Waals surface area contributed by atoms with Gasteiger partial charge in [0.25, 0.3) is 0 Å². The summed E-state index contributed by atoms with van der Waals surface area (Å²) in [5.41, 5.74) is 2.91. The monoisotopic (exact) mass is 803 g/mol. The Morgan fingerprint density at radius 2 is 0.895 bits per heavy atom. The molecule has 1 aromatic rings. The van der Waals surface area contributed by atoms with E-state index in [1.165, 1.54) is 70.5 Å². The van der Waals surface area contributed by atoms with E-state index in [-0.39, 0.29) is 31.1 Å². The molecule has 0 spiro atoms. The molecule has 0 fully saturated rings. The lowest BCUT2D eigenvalue weighted by Crippen LogP contribution is -2.08. The van der Waals surface area contributed by atoms with Gasteiger partial charge in [0.1, 0.15) is 6.61 Å². The minimum absolute atomic E-state index is 0.0473. The molecule has 324 valence electrons. The highest BCUT2D eigenvalue weighted by Crippen LogP contribution is 2.10. The molecule has 0 heterocycles. The van der Waals surface area contributed by atoms with E-state index in [2.05, 4.69) is 62.8 Å². The third-order valence-corrected chi connectivity index (χ3v) is 6.58. The first-order valence-corrected chi connectivity index (χ1v) is 19.3. The summed E-state index contributed by atoms with van der Waals surface area (Å²) in [6, 6.07) is 10.0. The van der Waals surface area contributed by atoms with Crippen LogP contribution in [0.4, 0.5) is 0 Å². The van der Waals surface area contributed by atoms with Crippen LogP contribution in [0, 0.1) is 0 Å². The predicted molar refractivity (Wildman–Crippen MR) is 232 cm³/mol. The number of rotatable bonds is 22. The number of aliphatic hydroxyl groups is 1. The number of aliphatic hydroxyl groups excluding tert-OH is 1. The van der Waals surface area contributed by atoms with Crippen LogP contribution in [-0.4, -0.2) is 73.6 Å². The molecule has 11 heteroatoms. The van der Waals surface area contributed by atoms with Crippen LogP contribution < -0.4 is 0 Å². The highest BCUT2D eigenvalue weighted by Gasteiger charge is 2.02. The van der Waals surface area contributed by atoms with Crippen molar-refractivity contribution in [3.05, 3.63) is 104 Å². The highest BCUT2D eigenvalue weighted by molar-refractivity contribution is 5.88. The number of methoxy groups -OCH3 is 1. The maximum Gasteiger partial charge on any atom is 0.333 e. The second-order valence-corrected chi connectivity index (χ2v) is 12.4. The Morgan fingerprint density at radius 3 is 1.16 bits per heavy atom. The minimum Gasteiger partial charge on any atom is -0.478 e. The molecule has 0 aliphatic rings. The van der Waals surface area contributed by atoms with Crippen LogP contribution in [0.15, 0.2) is 98.2 Å². The summed E-state index contributed by atoms with van der Waals surface area (Å²) in [6.07, 6.45) is 17.6. The van der Waals surface area contributed by atoms with Crippen molar-refractivity contribution in [2.24, 2.45) is 0 Å². The summed E-state index contributed by atoms with van der Waals surface area (Å²) < 4.78 is 18.6. The third kappa shape index (κ3) is 55.4. The van der Waals surface area contributed by atoms with E-state index in [9.17, 15) is 24.0 Å². The van der Waals surface area contributed by atoms with Gasteiger partial charge < -0.3 is 29.2 Å². The first-order valence-electron chi connectivity index (χ1n) is 19.3. The van der Waals surface area contributed by atoms with Gasteiger partial charge in [-0.1, -0.05) is 154 Å². The highest BCUT2D eigenvalue weighted by atomic mass is 16.5. The number of carboxylic acids is 1. The van der Waals surface area contributed by atoms with Gasteiger partial charge in [-0.05, 0) is 46.1 Å². The summed E-state index contributed by atoms with van der Waals surface area (Å²) >= 11 is 0. The molecule has 57 heavy (non-hydrogen) atoms. The maximum atomic E-state index is 11.1. The Morgan fingerprint density at radius 1 is 0.561 bits per heavy atom. The number of unbranched alkanes of at least 4 members (excludes halogenated alkanes) is 10. The summed E-state index contributed by atoms with van der Waals surface area (Å²) in [5.74, 6) is -2.33. The van der Waals surface area contributed by atoms with E-state index >= 15 is 0 Å². The van der Waals surface area contributed by atoms with Crippen molar-refractivity contribution in [2.75, 3.05) is 33.5 Å². The smallest absolute Gasteiger partial charge is 0.333 e. The molecule has 0 amide bonds. The number of hydrogen-bond donors (Lipinski definition) is 2.